The first-order valence-electron chi connectivity index (χ1n) is 7.83. The van der Waals surface area contributed by atoms with E-state index in [4.69, 9.17) is 0 Å². The summed E-state index contributed by atoms with van der Waals surface area (Å²) >= 11 is 1.36. The molecule has 3 rings (SSSR count). The lowest BCUT2D eigenvalue weighted by Gasteiger charge is -2.24. The van der Waals surface area contributed by atoms with Gasteiger partial charge in [0.2, 0.25) is 0 Å². The van der Waals surface area contributed by atoms with Crippen LogP contribution in [0.1, 0.15) is 58.3 Å². The second-order valence-electron chi connectivity index (χ2n) is 5.79. The number of carbonyl (C=O) groups excluding carboxylic acids is 1. The summed E-state index contributed by atoms with van der Waals surface area (Å²) in [5, 5.41) is 0. The molecule has 1 amide bonds. The van der Waals surface area contributed by atoms with E-state index in [0.717, 1.165) is 24.2 Å². The van der Waals surface area contributed by atoms with E-state index in [1.54, 1.807) is 5.51 Å². The van der Waals surface area contributed by atoms with Crippen molar-refractivity contribution in [3.63, 3.8) is 0 Å². The fourth-order valence-electron chi connectivity index (χ4n) is 3.14. The first-order valence-corrected chi connectivity index (χ1v) is 8.71. The minimum absolute atomic E-state index is 0.0210. The van der Waals surface area contributed by atoms with Crippen LogP contribution in [0.2, 0.25) is 0 Å². The van der Waals surface area contributed by atoms with Crippen molar-refractivity contribution in [1.29, 1.82) is 0 Å². The molecular formula is C16H20N4O2S. The molecule has 0 aliphatic carbocycles. The second kappa shape index (κ2) is 6.23. The van der Waals surface area contributed by atoms with Crippen LogP contribution in [-0.2, 0) is 6.42 Å². The summed E-state index contributed by atoms with van der Waals surface area (Å²) in [5.74, 6) is 0.574. The lowest BCUT2D eigenvalue weighted by atomic mass is 10.1. The zero-order valence-electron chi connectivity index (χ0n) is 13.5. The summed E-state index contributed by atoms with van der Waals surface area (Å²) in [7, 11) is 0. The Bertz CT molecular complexity index is 796. The minimum Gasteiger partial charge on any atom is -0.328 e. The van der Waals surface area contributed by atoms with E-state index in [2.05, 4.69) is 15.0 Å². The molecule has 2 aromatic rings. The second-order valence-corrected chi connectivity index (χ2v) is 6.65. The molecule has 23 heavy (non-hydrogen) atoms. The van der Waals surface area contributed by atoms with E-state index in [-0.39, 0.29) is 17.5 Å². The van der Waals surface area contributed by atoms with Crippen LogP contribution in [0.25, 0.3) is 0 Å². The number of hydrogen-bond acceptors (Lipinski definition) is 5. The number of carbonyl (C=O) groups is 1. The molecule has 2 aromatic heterocycles. The van der Waals surface area contributed by atoms with Gasteiger partial charge in [-0.15, -0.1) is 11.3 Å². The summed E-state index contributed by atoms with van der Waals surface area (Å²) < 4.78 is 0. The predicted molar refractivity (Wildman–Crippen MR) is 88.8 cm³/mol. The third-order valence-electron chi connectivity index (χ3n) is 4.36. The van der Waals surface area contributed by atoms with Crippen molar-refractivity contribution >= 4 is 17.2 Å². The molecule has 0 saturated carbocycles. The number of aromatic amines is 1. The summed E-state index contributed by atoms with van der Waals surface area (Å²) in [6, 6.07) is -0.165. The first kappa shape index (κ1) is 15.9. The third-order valence-corrected chi connectivity index (χ3v) is 5.28. The highest BCUT2D eigenvalue weighted by atomic mass is 32.1. The highest BCUT2D eigenvalue weighted by Gasteiger charge is 2.33. The average Bonchev–Trinajstić information content (AvgIpc) is 3.15. The van der Waals surface area contributed by atoms with Gasteiger partial charge < -0.3 is 9.88 Å². The van der Waals surface area contributed by atoms with E-state index >= 15 is 0 Å². The minimum atomic E-state index is -0.165. The molecule has 1 atom stereocenters. The smallest absolute Gasteiger partial charge is 0.266 e. The first-order chi connectivity index (χ1) is 11.0. The van der Waals surface area contributed by atoms with E-state index in [1.807, 2.05) is 25.7 Å². The molecule has 1 N–H and O–H groups in total. The van der Waals surface area contributed by atoms with Gasteiger partial charge in [-0.1, -0.05) is 6.92 Å². The van der Waals surface area contributed by atoms with Crippen molar-refractivity contribution in [2.45, 2.75) is 46.1 Å². The van der Waals surface area contributed by atoms with Gasteiger partial charge in [0.15, 0.2) is 0 Å². The maximum absolute atomic E-state index is 12.8. The molecule has 0 spiro atoms. The summed E-state index contributed by atoms with van der Waals surface area (Å²) in [6.45, 7) is 6.32. The fraction of sp³-hybridized carbons (Fsp3) is 0.500. The van der Waals surface area contributed by atoms with Gasteiger partial charge >= 0.3 is 0 Å². The monoisotopic (exact) mass is 332 g/mol. The number of aryl methyl sites for hydroxylation is 2. The maximum Gasteiger partial charge on any atom is 0.266 e. The number of hydrogen-bond donors (Lipinski definition) is 1. The molecule has 0 radical (unpaired) electrons. The van der Waals surface area contributed by atoms with Gasteiger partial charge in [0, 0.05) is 17.8 Å². The van der Waals surface area contributed by atoms with Gasteiger partial charge in [0.25, 0.3) is 11.5 Å². The van der Waals surface area contributed by atoms with Crippen LogP contribution in [0.15, 0.2) is 10.3 Å². The Morgan fingerprint density at radius 1 is 1.43 bits per heavy atom. The molecule has 7 heteroatoms. The molecule has 1 aliphatic rings. The Morgan fingerprint density at radius 2 is 2.22 bits per heavy atom. The molecule has 0 unspecified atom stereocenters. The topological polar surface area (TPSA) is 79.0 Å². The Morgan fingerprint density at radius 3 is 2.83 bits per heavy atom. The van der Waals surface area contributed by atoms with Crippen LogP contribution >= 0.6 is 11.3 Å². The Kier molecular flexibility index (Phi) is 4.30. The van der Waals surface area contributed by atoms with Crippen LogP contribution in [0.4, 0.5) is 0 Å². The van der Waals surface area contributed by atoms with Gasteiger partial charge in [0.05, 0.1) is 17.2 Å². The molecule has 0 bridgehead atoms. The van der Waals surface area contributed by atoms with Crippen LogP contribution < -0.4 is 5.56 Å². The largest absolute Gasteiger partial charge is 0.328 e. The highest BCUT2D eigenvalue weighted by Crippen LogP contribution is 2.32. The van der Waals surface area contributed by atoms with Crippen molar-refractivity contribution in [2.24, 2.45) is 0 Å². The number of likely N-dealkylation sites (tertiary alicyclic amines) is 1. The van der Waals surface area contributed by atoms with Crippen LogP contribution in [0.5, 0.6) is 0 Å². The van der Waals surface area contributed by atoms with Crippen molar-refractivity contribution in [1.82, 2.24) is 19.9 Å². The lowest BCUT2D eigenvalue weighted by Crippen LogP contribution is -2.33. The molecule has 1 aliphatic heterocycles. The van der Waals surface area contributed by atoms with E-state index in [0.29, 0.717) is 29.2 Å². The van der Waals surface area contributed by atoms with Gasteiger partial charge in [-0.3, -0.25) is 9.59 Å². The summed E-state index contributed by atoms with van der Waals surface area (Å²) in [5.41, 5.74) is 3.81. The standard InChI is InChI=1S/C16H20N4O2S/c1-4-11-9(2)18-14(19-15(11)21)12-6-5-7-20(12)16(22)13-10(3)17-8-23-13/h8,12H,4-7H2,1-3H3,(H,18,19,21)/t12-/m0/s1. The SMILES string of the molecule is CCc1c(C)nc([C@@H]2CCCN2C(=O)c2scnc2C)[nH]c1=O. The Labute approximate surface area is 138 Å². The number of nitrogens with zero attached hydrogens (tertiary/aromatic N) is 3. The quantitative estimate of drug-likeness (QED) is 0.936. The lowest BCUT2D eigenvalue weighted by molar-refractivity contribution is 0.0733. The van der Waals surface area contributed by atoms with Crippen molar-refractivity contribution in [2.75, 3.05) is 6.54 Å². The number of amides is 1. The Hall–Kier alpha value is -2.02. The van der Waals surface area contributed by atoms with E-state index in [9.17, 15) is 9.59 Å². The van der Waals surface area contributed by atoms with E-state index in [1.165, 1.54) is 11.3 Å². The van der Waals surface area contributed by atoms with Crippen molar-refractivity contribution < 1.29 is 4.79 Å². The van der Waals surface area contributed by atoms with Gasteiger partial charge in [-0.25, -0.2) is 9.97 Å². The number of aromatic nitrogens is 3. The number of thiazole rings is 1. The highest BCUT2D eigenvalue weighted by molar-refractivity contribution is 7.11. The van der Waals surface area contributed by atoms with Crippen LogP contribution in [0, 0.1) is 13.8 Å². The van der Waals surface area contributed by atoms with Gasteiger partial charge in [0.1, 0.15) is 10.7 Å². The van der Waals surface area contributed by atoms with Crippen molar-refractivity contribution in [3.05, 3.63) is 43.5 Å². The molecule has 1 saturated heterocycles. The molecule has 1 fully saturated rings. The number of rotatable bonds is 3. The number of H-pyrrole nitrogens is 1. The van der Waals surface area contributed by atoms with Gasteiger partial charge in [-0.05, 0) is 33.1 Å². The summed E-state index contributed by atoms with van der Waals surface area (Å²) in [6.07, 6.45) is 2.38. The molecule has 6 nitrogen and oxygen atoms in total. The predicted octanol–water partition coefficient (Wildman–Crippen LogP) is 2.38. The zero-order valence-corrected chi connectivity index (χ0v) is 14.4. The van der Waals surface area contributed by atoms with Crippen LogP contribution in [0.3, 0.4) is 0 Å². The Balaban J connectivity index is 1.95. The van der Waals surface area contributed by atoms with Gasteiger partial charge in [-0.2, -0.15) is 0 Å². The molecule has 122 valence electrons. The third kappa shape index (κ3) is 2.81. The summed E-state index contributed by atoms with van der Waals surface area (Å²) in [4.78, 5) is 39.1. The van der Waals surface area contributed by atoms with E-state index < -0.39 is 0 Å². The molecule has 3 heterocycles. The van der Waals surface area contributed by atoms with Crippen molar-refractivity contribution in [3.8, 4) is 0 Å². The van der Waals surface area contributed by atoms with Crippen LogP contribution in [-0.4, -0.2) is 32.3 Å². The fourth-order valence-corrected chi connectivity index (χ4v) is 3.90. The average molecular weight is 332 g/mol. The maximum atomic E-state index is 12.8. The number of nitrogens with one attached hydrogen (secondary N) is 1. The molecule has 0 aromatic carbocycles. The zero-order chi connectivity index (χ0) is 16.6. The normalized spacial score (nSPS) is 17.7. The molecular weight excluding hydrogens is 312 g/mol.